The van der Waals surface area contributed by atoms with E-state index in [0.29, 0.717) is 16.1 Å². The summed E-state index contributed by atoms with van der Waals surface area (Å²) in [7, 11) is 1.30. The van der Waals surface area contributed by atoms with Gasteiger partial charge in [-0.3, -0.25) is 14.9 Å². The number of fused-ring (bicyclic) bond motifs is 1. The van der Waals surface area contributed by atoms with E-state index in [1.807, 2.05) is 12.1 Å². The van der Waals surface area contributed by atoms with Crippen molar-refractivity contribution in [3.05, 3.63) is 35.0 Å². The van der Waals surface area contributed by atoms with E-state index < -0.39 is 24.1 Å². The molecule has 1 atom stereocenters. The second kappa shape index (κ2) is 6.17. The van der Waals surface area contributed by atoms with Crippen LogP contribution in [0.3, 0.4) is 0 Å². The number of rotatable bonds is 2. The molecule has 124 valence electrons. The van der Waals surface area contributed by atoms with Crippen molar-refractivity contribution in [2.45, 2.75) is 12.6 Å². The quantitative estimate of drug-likeness (QED) is 0.517. The van der Waals surface area contributed by atoms with Crippen molar-refractivity contribution in [3.63, 3.8) is 0 Å². The number of aromatic nitrogens is 1. The number of imide groups is 1. The Kier molecular flexibility index (Phi) is 4.05. The number of esters is 1. The van der Waals surface area contributed by atoms with Gasteiger partial charge in [0, 0.05) is 16.1 Å². The first-order valence-corrected chi connectivity index (χ1v) is 7.19. The van der Waals surface area contributed by atoms with Crippen LogP contribution in [-0.4, -0.2) is 41.3 Å². The molecule has 2 heterocycles. The van der Waals surface area contributed by atoms with Crippen molar-refractivity contribution < 1.29 is 24.2 Å². The van der Waals surface area contributed by atoms with Crippen molar-refractivity contribution >= 4 is 40.3 Å². The number of aliphatic hydroxyl groups excluding tert-OH is 1. The maximum atomic E-state index is 12.1. The highest BCUT2D eigenvalue weighted by Gasteiger charge is 2.29. The zero-order valence-corrected chi connectivity index (χ0v) is 12.8. The highest BCUT2D eigenvalue weighted by atomic mass is 16.5. The fourth-order valence-electron chi connectivity index (χ4n) is 2.62. The van der Waals surface area contributed by atoms with E-state index in [0.717, 1.165) is 5.39 Å². The fourth-order valence-corrected chi connectivity index (χ4v) is 2.62. The summed E-state index contributed by atoms with van der Waals surface area (Å²) in [4.78, 5) is 37.8. The Morgan fingerprint density at radius 2 is 2.00 bits per heavy atom. The Hall–Kier alpha value is -3.13. The van der Waals surface area contributed by atoms with Gasteiger partial charge in [0.05, 0.1) is 24.5 Å². The Labute approximate surface area is 135 Å². The monoisotopic (exact) mass is 329 g/mol. The lowest BCUT2D eigenvalue weighted by Crippen LogP contribution is -2.55. The third kappa shape index (κ3) is 2.74. The van der Waals surface area contributed by atoms with E-state index in [-0.39, 0.29) is 12.0 Å². The normalized spacial score (nSPS) is 20.8. The molecule has 0 radical (unpaired) electrons. The predicted octanol–water partition coefficient (Wildman–Crippen LogP) is -1.18. The molecule has 8 nitrogen and oxygen atoms in total. The van der Waals surface area contributed by atoms with Gasteiger partial charge in [0.25, 0.3) is 5.91 Å². The maximum Gasteiger partial charge on any atom is 0.323 e. The smallest absolute Gasteiger partial charge is 0.323 e. The highest BCUT2D eigenvalue weighted by Crippen LogP contribution is 2.09. The van der Waals surface area contributed by atoms with Crippen LogP contribution in [-0.2, 0) is 14.3 Å². The number of aromatic amines is 1. The largest absolute Gasteiger partial charge is 0.469 e. The van der Waals surface area contributed by atoms with Gasteiger partial charge < -0.3 is 20.1 Å². The molecule has 24 heavy (non-hydrogen) atoms. The maximum absolute atomic E-state index is 12.1. The summed E-state index contributed by atoms with van der Waals surface area (Å²) in [6.07, 6.45) is 0.271. The van der Waals surface area contributed by atoms with Crippen molar-refractivity contribution in [1.82, 2.24) is 15.6 Å². The van der Waals surface area contributed by atoms with Gasteiger partial charge in [-0.2, -0.15) is 0 Å². The van der Waals surface area contributed by atoms with Crippen LogP contribution in [0.2, 0.25) is 0 Å². The zero-order chi connectivity index (χ0) is 17.3. The molecule has 1 aliphatic heterocycles. The molecule has 4 N–H and O–H groups in total. The third-order valence-corrected chi connectivity index (χ3v) is 3.73. The Bertz CT molecular complexity index is 960. The number of carbonyl (C=O) groups is 3. The fraction of sp³-hybridized carbons (Fsp3) is 0.188. The SMILES string of the molecule is COC(=O)C/C=c1\[nH]/c(=C2\C(=O)NC(=O)NC2O)c2ccccc12. The van der Waals surface area contributed by atoms with E-state index >= 15 is 0 Å². The summed E-state index contributed by atoms with van der Waals surface area (Å²) in [5.41, 5.74) is 0.00326. The predicted molar refractivity (Wildman–Crippen MR) is 84.7 cm³/mol. The van der Waals surface area contributed by atoms with E-state index in [1.54, 1.807) is 18.2 Å². The minimum atomic E-state index is -1.43. The molecule has 1 saturated heterocycles. The molecule has 0 saturated carbocycles. The molecule has 0 bridgehead atoms. The average molecular weight is 329 g/mol. The van der Waals surface area contributed by atoms with E-state index in [9.17, 15) is 19.5 Å². The number of amides is 3. The lowest BCUT2D eigenvalue weighted by molar-refractivity contribution is -0.139. The van der Waals surface area contributed by atoms with Gasteiger partial charge in [-0.25, -0.2) is 4.79 Å². The second-order valence-corrected chi connectivity index (χ2v) is 5.19. The zero-order valence-electron chi connectivity index (χ0n) is 12.8. The molecule has 1 fully saturated rings. The van der Waals surface area contributed by atoms with Gasteiger partial charge in [-0.15, -0.1) is 0 Å². The standard InChI is InChI=1S/C16H15N3O5/c1-24-11(20)7-6-10-8-4-2-3-5-9(8)13(17-10)12-14(21)18-16(23)19-15(12)22/h2-6,14,17,21H,7H2,1H3,(H2,18,19,22,23)/b10-6-,13-12-. The van der Waals surface area contributed by atoms with Gasteiger partial charge in [0.15, 0.2) is 6.23 Å². The Balaban J connectivity index is 2.26. The van der Waals surface area contributed by atoms with E-state index in [1.165, 1.54) is 7.11 Å². The van der Waals surface area contributed by atoms with Crippen molar-refractivity contribution in [1.29, 1.82) is 0 Å². The first-order chi connectivity index (χ1) is 11.5. The molecule has 0 spiro atoms. The molecule has 1 aromatic heterocycles. The van der Waals surface area contributed by atoms with Gasteiger partial charge in [-0.1, -0.05) is 24.3 Å². The van der Waals surface area contributed by atoms with E-state index in [4.69, 9.17) is 0 Å². The summed E-state index contributed by atoms with van der Waals surface area (Å²) in [6.45, 7) is 0. The number of hydrogen-bond donors (Lipinski definition) is 4. The molecule has 0 aliphatic carbocycles. The van der Waals surface area contributed by atoms with Crippen LogP contribution in [0.5, 0.6) is 0 Å². The molecule has 3 amide bonds. The number of benzene rings is 1. The minimum absolute atomic E-state index is 0.00326. The second-order valence-electron chi connectivity index (χ2n) is 5.19. The number of methoxy groups -OCH3 is 1. The number of aliphatic hydroxyl groups is 1. The van der Waals surface area contributed by atoms with E-state index in [2.05, 4.69) is 20.4 Å². The molecule has 1 aromatic carbocycles. The first kappa shape index (κ1) is 15.8. The van der Waals surface area contributed by atoms with Crippen molar-refractivity contribution in [2.24, 2.45) is 0 Å². The molecule has 1 unspecified atom stereocenters. The number of H-pyrrole nitrogens is 1. The number of nitrogens with one attached hydrogen (secondary N) is 3. The summed E-state index contributed by atoms with van der Waals surface area (Å²) in [6, 6.07) is 6.45. The van der Waals surface area contributed by atoms with Crippen LogP contribution in [0.25, 0.3) is 22.4 Å². The van der Waals surface area contributed by atoms with Gasteiger partial charge >= 0.3 is 12.0 Å². The highest BCUT2D eigenvalue weighted by molar-refractivity contribution is 6.23. The lowest BCUT2D eigenvalue weighted by Gasteiger charge is -2.21. The molecular formula is C16H15N3O5. The van der Waals surface area contributed by atoms with Crippen molar-refractivity contribution in [2.75, 3.05) is 7.11 Å². The number of ether oxygens (including phenoxy) is 1. The minimum Gasteiger partial charge on any atom is -0.469 e. The lowest BCUT2D eigenvalue weighted by atomic mass is 10.1. The first-order valence-electron chi connectivity index (χ1n) is 7.19. The average Bonchev–Trinajstić information content (AvgIpc) is 2.90. The van der Waals surface area contributed by atoms with Crippen LogP contribution in [0.15, 0.2) is 24.3 Å². The van der Waals surface area contributed by atoms with Gasteiger partial charge in [-0.05, 0) is 6.08 Å². The number of hydrogen-bond acceptors (Lipinski definition) is 5. The van der Waals surface area contributed by atoms with Crippen molar-refractivity contribution in [3.8, 4) is 0 Å². The molecule has 8 heteroatoms. The van der Waals surface area contributed by atoms with Crippen LogP contribution in [0.4, 0.5) is 4.79 Å². The van der Waals surface area contributed by atoms with Gasteiger partial charge in [0.1, 0.15) is 0 Å². The summed E-state index contributed by atoms with van der Waals surface area (Å²) in [5, 5.41) is 16.9. The molecule has 3 rings (SSSR count). The Morgan fingerprint density at radius 1 is 1.29 bits per heavy atom. The number of urea groups is 1. The topological polar surface area (TPSA) is 121 Å². The van der Waals surface area contributed by atoms with Crippen LogP contribution < -0.4 is 21.3 Å². The summed E-state index contributed by atoms with van der Waals surface area (Å²) >= 11 is 0. The third-order valence-electron chi connectivity index (χ3n) is 3.73. The van der Waals surface area contributed by atoms with Crippen LogP contribution >= 0.6 is 0 Å². The van der Waals surface area contributed by atoms with Gasteiger partial charge in [0.2, 0.25) is 0 Å². The molecular weight excluding hydrogens is 314 g/mol. The Morgan fingerprint density at radius 3 is 2.67 bits per heavy atom. The summed E-state index contributed by atoms with van der Waals surface area (Å²) in [5.74, 6) is -1.08. The van der Waals surface area contributed by atoms with Crippen LogP contribution in [0.1, 0.15) is 6.42 Å². The molecule has 1 aliphatic rings. The summed E-state index contributed by atoms with van der Waals surface area (Å²) < 4.78 is 4.61. The van der Waals surface area contributed by atoms with Crippen LogP contribution in [0, 0.1) is 0 Å². The molecule has 2 aromatic rings. The number of carbonyl (C=O) groups excluding carboxylic acids is 3.